The van der Waals surface area contributed by atoms with Crippen LogP contribution in [0.25, 0.3) is 0 Å². The van der Waals surface area contributed by atoms with Gasteiger partial charge in [0.15, 0.2) is 0 Å². The van der Waals surface area contributed by atoms with Crippen LogP contribution in [0.15, 0.2) is 0 Å². The van der Waals surface area contributed by atoms with E-state index in [1.807, 2.05) is 20.8 Å². The second kappa shape index (κ2) is 6.21. The van der Waals surface area contributed by atoms with E-state index < -0.39 is 11.6 Å². The lowest BCUT2D eigenvalue weighted by molar-refractivity contribution is -0.127. The van der Waals surface area contributed by atoms with Gasteiger partial charge in [-0.3, -0.25) is 9.59 Å². The van der Waals surface area contributed by atoms with E-state index in [9.17, 15) is 9.59 Å². The molecule has 0 radical (unpaired) electrons. The molecule has 1 saturated heterocycles. The van der Waals surface area contributed by atoms with Crippen molar-refractivity contribution in [2.24, 2.45) is 11.7 Å². The van der Waals surface area contributed by atoms with Gasteiger partial charge in [0.25, 0.3) is 0 Å². The molecule has 4 N–H and O–H groups in total. The molecule has 5 nitrogen and oxygen atoms in total. The van der Waals surface area contributed by atoms with Crippen molar-refractivity contribution in [2.45, 2.75) is 45.2 Å². The van der Waals surface area contributed by atoms with Gasteiger partial charge in [-0.2, -0.15) is 0 Å². The molecule has 2 atom stereocenters. The lowest BCUT2D eigenvalue weighted by atomic mass is 9.88. The molecule has 1 rings (SSSR count). The lowest BCUT2D eigenvalue weighted by Crippen LogP contribution is -2.58. The molecule has 0 aromatic rings. The molecule has 0 saturated carbocycles. The molecule has 1 aliphatic heterocycles. The molecule has 0 spiro atoms. The summed E-state index contributed by atoms with van der Waals surface area (Å²) in [5.74, 6) is 0.0604. The Morgan fingerprint density at radius 1 is 1.65 bits per heavy atom. The molecule has 1 fully saturated rings. The smallest absolute Gasteiger partial charge is 0.243 e. The fourth-order valence-corrected chi connectivity index (χ4v) is 1.61. The van der Waals surface area contributed by atoms with Gasteiger partial charge < -0.3 is 16.4 Å². The van der Waals surface area contributed by atoms with Crippen molar-refractivity contribution in [1.29, 1.82) is 0 Å². The van der Waals surface area contributed by atoms with Gasteiger partial charge in [-0.15, -0.1) is 12.4 Å². The minimum Gasteiger partial charge on any atom is -0.348 e. The predicted molar refractivity (Wildman–Crippen MR) is 68.9 cm³/mol. The number of nitrogens with one attached hydrogen (secondary N) is 2. The first-order chi connectivity index (χ1) is 7.39. The van der Waals surface area contributed by atoms with E-state index in [1.165, 1.54) is 0 Å². The van der Waals surface area contributed by atoms with Crippen molar-refractivity contribution in [3.63, 3.8) is 0 Å². The number of rotatable bonds is 4. The summed E-state index contributed by atoms with van der Waals surface area (Å²) in [7, 11) is 0. The zero-order chi connectivity index (χ0) is 12.3. The molecule has 2 amide bonds. The van der Waals surface area contributed by atoms with Crippen LogP contribution in [-0.2, 0) is 9.59 Å². The largest absolute Gasteiger partial charge is 0.348 e. The van der Waals surface area contributed by atoms with Gasteiger partial charge >= 0.3 is 0 Å². The van der Waals surface area contributed by atoms with Gasteiger partial charge in [0.1, 0.15) is 6.04 Å². The molecule has 17 heavy (non-hydrogen) atoms. The van der Waals surface area contributed by atoms with Gasteiger partial charge in [0, 0.05) is 13.0 Å². The standard InChI is InChI=1S/C11H21N3O2.ClH/c1-7(2)11(3,6-12)14-10(16)8-4-5-9(15)13-8;/h7-8H,4-6,12H2,1-3H3,(H,13,15)(H,14,16);1H/t8-,11?;/m1./s1. The second-order valence-corrected chi connectivity index (χ2v) is 4.92. The van der Waals surface area contributed by atoms with Gasteiger partial charge in [-0.25, -0.2) is 0 Å². The number of carbonyl (C=O) groups is 2. The quantitative estimate of drug-likeness (QED) is 0.676. The molecule has 1 unspecified atom stereocenters. The Kier molecular flexibility index (Phi) is 5.92. The highest BCUT2D eigenvalue weighted by Crippen LogP contribution is 2.16. The van der Waals surface area contributed by atoms with Crippen LogP contribution in [0.1, 0.15) is 33.6 Å². The number of halogens is 1. The summed E-state index contributed by atoms with van der Waals surface area (Å²) in [5, 5.41) is 5.57. The normalized spacial score (nSPS) is 22.6. The maximum atomic E-state index is 11.9. The number of hydrogen-bond acceptors (Lipinski definition) is 3. The summed E-state index contributed by atoms with van der Waals surface area (Å²) in [6, 6.07) is -0.392. The van der Waals surface area contributed by atoms with Gasteiger partial charge in [-0.1, -0.05) is 13.8 Å². The van der Waals surface area contributed by atoms with E-state index in [0.29, 0.717) is 19.4 Å². The van der Waals surface area contributed by atoms with Crippen LogP contribution < -0.4 is 16.4 Å². The van der Waals surface area contributed by atoms with Crippen LogP contribution in [-0.4, -0.2) is 29.9 Å². The van der Waals surface area contributed by atoms with E-state index in [0.717, 1.165) is 0 Å². The van der Waals surface area contributed by atoms with Crippen LogP contribution in [0, 0.1) is 5.92 Å². The molecule has 0 aromatic carbocycles. The minimum absolute atomic E-state index is 0. The number of nitrogens with two attached hydrogens (primary N) is 1. The third-order valence-corrected chi connectivity index (χ3v) is 3.42. The first kappa shape index (κ1) is 16.2. The SMILES string of the molecule is CC(C)C(C)(CN)NC(=O)[C@H]1CCC(=O)N1.Cl. The maximum absolute atomic E-state index is 11.9. The highest BCUT2D eigenvalue weighted by molar-refractivity contribution is 5.91. The lowest BCUT2D eigenvalue weighted by Gasteiger charge is -2.34. The Hall–Kier alpha value is -0.810. The van der Waals surface area contributed by atoms with Crippen molar-refractivity contribution >= 4 is 24.2 Å². The van der Waals surface area contributed by atoms with Crippen molar-refractivity contribution in [1.82, 2.24) is 10.6 Å². The monoisotopic (exact) mass is 263 g/mol. The van der Waals surface area contributed by atoms with Crippen molar-refractivity contribution in [2.75, 3.05) is 6.54 Å². The highest BCUT2D eigenvalue weighted by Gasteiger charge is 2.34. The molecule has 1 heterocycles. The molecule has 0 aliphatic carbocycles. The van der Waals surface area contributed by atoms with Crippen LogP contribution in [0.2, 0.25) is 0 Å². The number of carbonyl (C=O) groups excluding carboxylic acids is 2. The van der Waals surface area contributed by atoms with Crippen LogP contribution in [0.4, 0.5) is 0 Å². The van der Waals surface area contributed by atoms with Crippen molar-refractivity contribution in [3.8, 4) is 0 Å². The van der Waals surface area contributed by atoms with Gasteiger partial charge in [-0.05, 0) is 19.3 Å². The molecule has 6 heteroatoms. The van der Waals surface area contributed by atoms with E-state index in [-0.39, 0.29) is 30.1 Å². The first-order valence-electron chi connectivity index (χ1n) is 5.70. The fourth-order valence-electron chi connectivity index (χ4n) is 1.61. The summed E-state index contributed by atoms with van der Waals surface area (Å²) >= 11 is 0. The minimum atomic E-state index is -0.412. The number of hydrogen-bond donors (Lipinski definition) is 3. The van der Waals surface area contributed by atoms with E-state index in [1.54, 1.807) is 0 Å². The molecular formula is C11H22ClN3O2. The Labute approximate surface area is 108 Å². The average Bonchev–Trinajstić information content (AvgIpc) is 2.64. The van der Waals surface area contributed by atoms with Crippen LogP contribution in [0.3, 0.4) is 0 Å². The molecular weight excluding hydrogens is 242 g/mol. The Morgan fingerprint density at radius 3 is 2.59 bits per heavy atom. The first-order valence-corrected chi connectivity index (χ1v) is 5.70. The zero-order valence-corrected chi connectivity index (χ0v) is 11.4. The molecule has 1 aliphatic rings. The summed E-state index contributed by atoms with van der Waals surface area (Å²) in [5.41, 5.74) is 5.27. The summed E-state index contributed by atoms with van der Waals surface area (Å²) in [4.78, 5) is 22.9. The van der Waals surface area contributed by atoms with E-state index in [4.69, 9.17) is 5.73 Å². The summed E-state index contributed by atoms with van der Waals surface area (Å²) in [6.07, 6.45) is 1.00. The Bertz CT molecular complexity index is 296. The highest BCUT2D eigenvalue weighted by atomic mass is 35.5. The molecule has 0 aromatic heterocycles. The number of amides is 2. The fraction of sp³-hybridized carbons (Fsp3) is 0.818. The third-order valence-electron chi connectivity index (χ3n) is 3.42. The maximum Gasteiger partial charge on any atom is 0.243 e. The summed E-state index contributed by atoms with van der Waals surface area (Å²) < 4.78 is 0. The van der Waals surface area contributed by atoms with Crippen LogP contribution in [0.5, 0.6) is 0 Å². The summed E-state index contributed by atoms with van der Waals surface area (Å²) in [6.45, 7) is 6.34. The van der Waals surface area contributed by atoms with Gasteiger partial charge in [0.05, 0.1) is 5.54 Å². The second-order valence-electron chi connectivity index (χ2n) is 4.92. The van der Waals surface area contributed by atoms with Crippen molar-refractivity contribution < 1.29 is 9.59 Å². The van der Waals surface area contributed by atoms with Crippen LogP contribution >= 0.6 is 12.4 Å². The van der Waals surface area contributed by atoms with Crippen molar-refractivity contribution in [3.05, 3.63) is 0 Å². The Balaban J connectivity index is 0.00000256. The predicted octanol–water partition coefficient (Wildman–Crippen LogP) is 0.176. The average molecular weight is 264 g/mol. The topological polar surface area (TPSA) is 84.2 Å². The van der Waals surface area contributed by atoms with E-state index in [2.05, 4.69) is 10.6 Å². The van der Waals surface area contributed by atoms with E-state index >= 15 is 0 Å². The molecule has 0 bridgehead atoms. The third kappa shape index (κ3) is 3.85. The Morgan fingerprint density at radius 2 is 2.24 bits per heavy atom. The molecule has 100 valence electrons. The van der Waals surface area contributed by atoms with Gasteiger partial charge in [0.2, 0.25) is 11.8 Å². The zero-order valence-electron chi connectivity index (χ0n) is 10.6.